The van der Waals surface area contributed by atoms with Crippen molar-refractivity contribution in [2.75, 3.05) is 70.5 Å². The van der Waals surface area contributed by atoms with Crippen LogP contribution < -0.4 is 30.3 Å². The van der Waals surface area contributed by atoms with Crippen LogP contribution in [0.15, 0.2) is 42.7 Å². The van der Waals surface area contributed by atoms with Gasteiger partial charge in [-0.25, -0.2) is 0 Å². The van der Waals surface area contributed by atoms with Crippen molar-refractivity contribution < 1.29 is 19.4 Å². The number of ether oxygens (including phenoxy) is 2. The van der Waals surface area contributed by atoms with Crippen molar-refractivity contribution in [3.63, 3.8) is 0 Å². The molecule has 4 aliphatic heterocycles. The van der Waals surface area contributed by atoms with E-state index in [1.54, 1.807) is 6.07 Å². The molecule has 5 unspecified atom stereocenters. The molecule has 0 aliphatic carbocycles. The summed E-state index contributed by atoms with van der Waals surface area (Å²) < 4.78 is 11.3. The number of carbonyl (C=O) groups excluding carboxylic acids is 1. The van der Waals surface area contributed by atoms with Crippen molar-refractivity contribution in [2.45, 2.75) is 18.2 Å². The van der Waals surface area contributed by atoms with Crippen LogP contribution in [0.25, 0.3) is 0 Å². The van der Waals surface area contributed by atoms with E-state index in [2.05, 4.69) is 25.8 Å². The molecule has 2 aromatic rings. The van der Waals surface area contributed by atoms with Gasteiger partial charge in [0.05, 0.1) is 12.1 Å². The number of piperazine rings is 2. The Morgan fingerprint density at radius 3 is 2.38 bits per heavy atom. The lowest BCUT2D eigenvalue weighted by Crippen LogP contribution is -2.67. The zero-order chi connectivity index (χ0) is 25.2. The fraction of sp³-hybridized carbons (Fsp3) is 0.556. The van der Waals surface area contributed by atoms with Gasteiger partial charge in [0.1, 0.15) is 13.2 Å². The van der Waals surface area contributed by atoms with Crippen molar-refractivity contribution in [3.8, 4) is 11.5 Å². The molecule has 1 aromatic carbocycles. The lowest BCUT2D eigenvalue weighted by molar-refractivity contribution is -0.0273. The van der Waals surface area contributed by atoms with Gasteiger partial charge in [0, 0.05) is 93.9 Å². The third-order valence-corrected chi connectivity index (χ3v) is 8.24. The van der Waals surface area contributed by atoms with Gasteiger partial charge in [0.25, 0.3) is 5.91 Å². The molecule has 10 nitrogen and oxygen atoms in total. The van der Waals surface area contributed by atoms with Gasteiger partial charge in [-0.05, 0) is 30.3 Å². The number of aromatic nitrogens is 1. The highest BCUT2D eigenvalue weighted by Gasteiger charge is 2.45. The topological polar surface area (TPSA) is 111 Å². The van der Waals surface area contributed by atoms with Crippen LogP contribution in [0, 0.1) is 11.8 Å². The largest absolute Gasteiger partial charge is 0.486 e. The van der Waals surface area contributed by atoms with Crippen molar-refractivity contribution >= 4 is 11.6 Å². The van der Waals surface area contributed by atoms with Gasteiger partial charge in [-0.2, -0.15) is 0 Å². The number of fused-ring (bicyclic) bond motifs is 1. The van der Waals surface area contributed by atoms with E-state index in [0.29, 0.717) is 49.9 Å². The number of carbonyl (C=O) groups is 1. The first-order chi connectivity index (χ1) is 18.2. The first kappa shape index (κ1) is 24.4. The standard InChI is InChI=1S/C27H36N6O4/c34-26-20(22-16-29-7-9-32(22)19-3-5-28-6-4-19)14-31-15-21(26)23-17-30-8-10-33(23)27(35)18-1-2-24-25(13-18)37-12-11-36-24/h1-6,13,20-23,26,29-31,34H,7-12,14-17H2. The molecule has 0 bridgehead atoms. The third-order valence-electron chi connectivity index (χ3n) is 8.24. The molecule has 198 valence electrons. The molecule has 4 aliphatic rings. The van der Waals surface area contributed by atoms with E-state index in [1.807, 2.05) is 41.6 Å². The van der Waals surface area contributed by atoms with Crippen molar-refractivity contribution in [1.82, 2.24) is 25.8 Å². The van der Waals surface area contributed by atoms with Crippen LogP contribution in [0.1, 0.15) is 10.4 Å². The summed E-state index contributed by atoms with van der Waals surface area (Å²) in [7, 11) is 0. The Balaban J connectivity index is 1.22. The van der Waals surface area contributed by atoms with E-state index in [0.717, 1.165) is 38.4 Å². The number of nitrogens with one attached hydrogen (secondary N) is 3. The van der Waals surface area contributed by atoms with E-state index in [-0.39, 0.29) is 29.8 Å². The van der Waals surface area contributed by atoms with Gasteiger partial charge in [-0.3, -0.25) is 9.78 Å². The second-order valence-electron chi connectivity index (χ2n) is 10.3. The van der Waals surface area contributed by atoms with Crippen LogP contribution in [0.5, 0.6) is 11.5 Å². The summed E-state index contributed by atoms with van der Waals surface area (Å²) in [6, 6.07) is 9.51. The van der Waals surface area contributed by atoms with Gasteiger partial charge < -0.3 is 40.3 Å². The minimum absolute atomic E-state index is 0.0212. The van der Waals surface area contributed by atoms with E-state index in [4.69, 9.17) is 9.47 Å². The fourth-order valence-electron chi connectivity index (χ4n) is 6.37. The summed E-state index contributed by atoms with van der Waals surface area (Å²) in [5, 5.41) is 22.4. The molecule has 3 saturated heterocycles. The number of amides is 1. The third kappa shape index (κ3) is 4.86. The van der Waals surface area contributed by atoms with E-state index < -0.39 is 6.10 Å². The lowest BCUT2D eigenvalue weighted by Gasteiger charge is -2.50. The second-order valence-corrected chi connectivity index (χ2v) is 10.3. The van der Waals surface area contributed by atoms with E-state index >= 15 is 0 Å². The molecule has 3 fully saturated rings. The number of anilines is 1. The van der Waals surface area contributed by atoms with Gasteiger partial charge >= 0.3 is 0 Å². The average molecular weight is 509 g/mol. The Bertz CT molecular complexity index is 1090. The van der Waals surface area contributed by atoms with Crippen molar-refractivity contribution in [1.29, 1.82) is 0 Å². The zero-order valence-corrected chi connectivity index (χ0v) is 21.0. The molecule has 37 heavy (non-hydrogen) atoms. The van der Waals surface area contributed by atoms with Crippen LogP contribution in [0.4, 0.5) is 5.69 Å². The van der Waals surface area contributed by atoms with Crippen molar-refractivity contribution in [3.05, 3.63) is 48.3 Å². The van der Waals surface area contributed by atoms with Gasteiger partial charge in [-0.1, -0.05) is 0 Å². The Hall–Kier alpha value is -2.92. The monoisotopic (exact) mass is 508 g/mol. The molecule has 1 amide bonds. The fourth-order valence-corrected chi connectivity index (χ4v) is 6.37. The Labute approximate surface area is 217 Å². The van der Waals surface area contributed by atoms with E-state index in [1.165, 1.54) is 0 Å². The lowest BCUT2D eigenvalue weighted by atomic mass is 9.77. The minimum Gasteiger partial charge on any atom is -0.486 e. The number of rotatable bonds is 4. The molecule has 5 heterocycles. The minimum atomic E-state index is -0.545. The molecular weight excluding hydrogens is 472 g/mol. The highest BCUT2D eigenvalue weighted by Crippen LogP contribution is 2.34. The first-order valence-electron chi connectivity index (χ1n) is 13.4. The average Bonchev–Trinajstić information content (AvgIpc) is 2.97. The highest BCUT2D eigenvalue weighted by molar-refractivity contribution is 5.95. The molecule has 10 heteroatoms. The maximum absolute atomic E-state index is 13.7. The Morgan fingerprint density at radius 1 is 0.865 bits per heavy atom. The molecular formula is C27H36N6O4. The first-order valence-corrected chi connectivity index (χ1v) is 13.4. The van der Waals surface area contributed by atoms with Crippen molar-refractivity contribution in [2.24, 2.45) is 11.8 Å². The summed E-state index contributed by atoms with van der Waals surface area (Å²) in [4.78, 5) is 22.3. The Kier molecular flexibility index (Phi) is 7.14. The highest BCUT2D eigenvalue weighted by atomic mass is 16.6. The van der Waals surface area contributed by atoms with Crippen LogP contribution in [-0.4, -0.2) is 105 Å². The maximum atomic E-state index is 13.7. The molecule has 0 saturated carbocycles. The summed E-state index contributed by atoms with van der Waals surface area (Å²) in [6.07, 6.45) is 3.10. The molecule has 0 spiro atoms. The SMILES string of the molecule is O=C(c1ccc2c(c1)OCCO2)N1CCNCC1C1CNCC(C2CNCCN2c2ccncc2)C1O. The number of hydrogen-bond donors (Lipinski definition) is 4. The quantitative estimate of drug-likeness (QED) is 0.452. The number of aliphatic hydroxyl groups excluding tert-OH is 1. The maximum Gasteiger partial charge on any atom is 0.254 e. The number of piperidine rings is 1. The predicted molar refractivity (Wildman–Crippen MR) is 139 cm³/mol. The van der Waals surface area contributed by atoms with Gasteiger partial charge in [0.15, 0.2) is 11.5 Å². The number of hydrogen-bond acceptors (Lipinski definition) is 9. The zero-order valence-electron chi connectivity index (χ0n) is 21.0. The Morgan fingerprint density at radius 2 is 1.57 bits per heavy atom. The molecule has 5 atom stereocenters. The number of nitrogens with zero attached hydrogens (tertiary/aromatic N) is 3. The summed E-state index contributed by atoms with van der Waals surface area (Å²) in [5.74, 6) is 1.19. The molecule has 1 aromatic heterocycles. The van der Waals surface area contributed by atoms with Crippen LogP contribution in [0.3, 0.4) is 0 Å². The van der Waals surface area contributed by atoms with E-state index in [9.17, 15) is 9.90 Å². The summed E-state index contributed by atoms with van der Waals surface area (Å²) in [6.45, 7) is 6.98. The smallest absolute Gasteiger partial charge is 0.254 e. The predicted octanol–water partition coefficient (Wildman–Crippen LogP) is -0.0583. The summed E-state index contributed by atoms with van der Waals surface area (Å²) in [5.41, 5.74) is 1.72. The number of pyridine rings is 1. The normalized spacial score (nSPS) is 30.1. The van der Waals surface area contributed by atoms with Crippen LogP contribution in [0.2, 0.25) is 0 Å². The van der Waals surface area contributed by atoms with Crippen LogP contribution >= 0.6 is 0 Å². The van der Waals surface area contributed by atoms with Crippen LogP contribution in [-0.2, 0) is 0 Å². The number of benzene rings is 1. The molecule has 0 radical (unpaired) electrons. The van der Waals surface area contributed by atoms with Gasteiger partial charge in [0.2, 0.25) is 0 Å². The second kappa shape index (κ2) is 10.8. The van der Waals surface area contributed by atoms with Gasteiger partial charge in [-0.15, -0.1) is 0 Å². The summed E-state index contributed by atoms with van der Waals surface area (Å²) >= 11 is 0. The molecule has 6 rings (SSSR count). The number of aliphatic hydroxyl groups is 1. The molecule has 4 N–H and O–H groups in total.